The van der Waals surface area contributed by atoms with Crippen molar-refractivity contribution in [2.24, 2.45) is 5.92 Å². The van der Waals surface area contributed by atoms with Crippen LogP contribution in [0.2, 0.25) is 0 Å². The van der Waals surface area contributed by atoms with Gasteiger partial charge in [-0.25, -0.2) is 9.78 Å². The first kappa shape index (κ1) is 23.4. The second-order valence-electron chi connectivity index (χ2n) is 9.01. The predicted molar refractivity (Wildman–Crippen MR) is 135 cm³/mol. The van der Waals surface area contributed by atoms with Crippen molar-refractivity contribution in [1.82, 2.24) is 10.3 Å². The summed E-state index contributed by atoms with van der Waals surface area (Å²) in [6.45, 7) is 5.81. The molecule has 5 heteroatoms. The average molecular weight is 455 g/mol. The zero-order valence-corrected chi connectivity index (χ0v) is 19.8. The molecule has 1 aromatic heterocycles. The van der Waals surface area contributed by atoms with Gasteiger partial charge in [-0.2, -0.15) is 0 Å². The zero-order valence-electron chi connectivity index (χ0n) is 19.8. The fraction of sp³-hybridized carbons (Fsp3) is 0.276. The molecule has 0 spiro atoms. The lowest BCUT2D eigenvalue weighted by molar-refractivity contribution is -0.122. The van der Waals surface area contributed by atoms with Crippen LogP contribution < -0.4 is 10.9 Å². The molecule has 5 nitrogen and oxygen atoms in total. The summed E-state index contributed by atoms with van der Waals surface area (Å²) in [7, 11) is 0. The molecule has 34 heavy (non-hydrogen) atoms. The number of aromatic nitrogens is 1. The molecule has 1 heterocycles. The Morgan fingerprint density at radius 3 is 2.12 bits per heavy atom. The van der Waals surface area contributed by atoms with E-state index in [4.69, 9.17) is 4.42 Å². The Labute approximate surface area is 199 Å². The van der Waals surface area contributed by atoms with E-state index in [1.54, 1.807) is 6.07 Å². The molecule has 4 aromatic rings. The Balaban J connectivity index is 1.53. The smallest absolute Gasteiger partial charge is 0.347 e. The minimum absolute atomic E-state index is 0.000836. The van der Waals surface area contributed by atoms with Crippen molar-refractivity contribution < 1.29 is 9.21 Å². The minimum atomic E-state index is -0.489. The number of hydrogen-bond acceptors (Lipinski definition) is 4. The van der Waals surface area contributed by atoms with E-state index in [-0.39, 0.29) is 23.6 Å². The van der Waals surface area contributed by atoms with Crippen LogP contribution in [0.5, 0.6) is 0 Å². The minimum Gasteiger partial charge on any atom is -0.406 e. The molecule has 4 rings (SSSR count). The molecule has 0 bridgehead atoms. The number of nitrogens with one attached hydrogen (secondary N) is 1. The Hall–Kier alpha value is -3.73. The van der Waals surface area contributed by atoms with Gasteiger partial charge in [0.2, 0.25) is 11.8 Å². The Morgan fingerprint density at radius 2 is 1.53 bits per heavy atom. The number of amides is 1. The molecule has 1 N–H and O–H groups in total. The van der Waals surface area contributed by atoms with Crippen molar-refractivity contribution in [3.63, 3.8) is 0 Å². The van der Waals surface area contributed by atoms with Crippen molar-refractivity contribution in [1.29, 1.82) is 0 Å². The molecule has 0 aliphatic rings. The van der Waals surface area contributed by atoms with Crippen molar-refractivity contribution in [2.75, 3.05) is 0 Å². The van der Waals surface area contributed by atoms with E-state index in [1.165, 1.54) is 11.1 Å². The lowest BCUT2D eigenvalue weighted by Crippen LogP contribution is -2.33. The van der Waals surface area contributed by atoms with Crippen LogP contribution >= 0.6 is 0 Å². The second kappa shape index (κ2) is 10.5. The first-order chi connectivity index (χ1) is 16.4. The van der Waals surface area contributed by atoms with Crippen LogP contribution in [0.3, 0.4) is 0 Å². The maximum absolute atomic E-state index is 13.0. The van der Waals surface area contributed by atoms with Gasteiger partial charge in [0.15, 0.2) is 0 Å². The summed E-state index contributed by atoms with van der Waals surface area (Å²) in [6, 6.07) is 25.5. The van der Waals surface area contributed by atoms with Gasteiger partial charge in [0.25, 0.3) is 0 Å². The summed E-state index contributed by atoms with van der Waals surface area (Å²) in [5, 5.41) is 3.54. The monoisotopic (exact) mass is 454 g/mol. The maximum Gasteiger partial charge on any atom is 0.347 e. The van der Waals surface area contributed by atoms with Crippen LogP contribution in [0.25, 0.3) is 10.9 Å². The summed E-state index contributed by atoms with van der Waals surface area (Å²) >= 11 is 0. The van der Waals surface area contributed by atoms with Crippen LogP contribution in [-0.2, 0) is 4.79 Å². The number of carbonyl (C=O) groups is 1. The number of hydrogen-bond donors (Lipinski definition) is 1. The molecule has 1 amide bonds. The van der Waals surface area contributed by atoms with Gasteiger partial charge in [0.05, 0.1) is 10.9 Å². The Kier molecular flexibility index (Phi) is 7.21. The number of rotatable bonds is 8. The van der Waals surface area contributed by atoms with E-state index in [2.05, 4.69) is 34.6 Å². The highest BCUT2D eigenvalue weighted by Crippen LogP contribution is 2.29. The number of benzene rings is 3. The van der Waals surface area contributed by atoms with Crippen LogP contribution in [-0.4, -0.2) is 10.9 Å². The first-order valence-electron chi connectivity index (χ1n) is 11.7. The molecular weight excluding hydrogens is 424 g/mol. The second-order valence-corrected chi connectivity index (χ2v) is 9.01. The van der Waals surface area contributed by atoms with Gasteiger partial charge in [-0.1, -0.05) is 86.6 Å². The molecule has 0 saturated carbocycles. The highest BCUT2D eigenvalue weighted by molar-refractivity contribution is 5.80. The van der Waals surface area contributed by atoms with Crippen LogP contribution in [0.4, 0.5) is 0 Å². The van der Waals surface area contributed by atoms with Crippen LogP contribution in [0, 0.1) is 12.8 Å². The normalized spacial score (nSPS) is 12.3. The number of fused-ring (bicyclic) bond motifs is 1. The predicted octanol–water partition coefficient (Wildman–Crippen LogP) is 5.92. The van der Waals surface area contributed by atoms with Gasteiger partial charge >= 0.3 is 5.63 Å². The van der Waals surface area contributed by atoms with Crippen molar-refractivity contribution >= 4 is 16.8 Å². The van der Waals surface area contributed by atoms with E-state index in [0.29, 0.717) is 23.7 Å². The number of nitrogens with zero attached hydrogens (tertiary/aromatic N) is 1. The summed E-state index contributed by atoms with van der Waals surface area (Å²) in [5.41, 5.74) is 3.34. The van der Waals surface area contributed by atoms with Crippen LogP contribution in [0.15, 0.2) is 88.1 Å². The quantitative estimate of drug-likeness (QED) is 0.359. The first-order valence-corrected chi connectivity index (χ1v) is 11.7. The van der Waals surface area contributed by atoms with Crippen molar-refractivity contribution in [3.05, 3.63) is 112 Å². The van der Waals surface area contributed by atoms with Crippen molar-refractivity contribution in [2.45, 2.75) is 45.6 Å². The molecule has 0 aliphatic heterocycles. The SMILES string of the molecule is Cc1cccc2nc([C@@H](NC(=O)CCC(c3ccccc3)c3ccccc3)C(C)C)oc(=O)c12. The van der Waals surface area contributed by atoms with Gasteiger partial charge < -0.3 is 9.73 Å². The molecule has 3 aromatic carbocycles. The molecule has 0 saturated heterocycles. The van der Waals surface area contributed by atoms with Crippen molar-refractivity contribution in [3.8, 4) is 0 Å². The van der Waals surface area contributed by atoms with Gasteiger partial charge in [-0.05, 0) is 42.0 Å². The highest BCUT2D eigenvalue weighted by atomic mass is 16.4. The van der Waals surface area contributed by atoms with E-state index in [0.717, 1.165) is 5.56 Å². The standard InChI is InChI=1S/C29H30N2O3/c1-19(2)27(28-30-24-16-10-11-20(3)26(24)29(33)34-28)31-25(32)18-17-23(21-12-6-4-7-13-21)22-14-8-5-9-15-22/h4-16,19,23,27H,17-18H2,1-3H3,(H,31,32)/t27-/m0/s1. The molecule has 1 atom stereocenters. The largest absolute Gasteiger partial charge is 0.406 e. The lowest BCUT2D eigenvalue weighted by Gasteiger charge is -2.22. The third-order valence-electron chi connectivity index (χ3n) is 6.20. The topological polar surface area (TPSA) is 72.2 Å². The fourth-order valence-corrected chi connectivity index (χ4v) is 4.36. The highest BCUT2D eigenvalue weighted by Gasteiger charge is 2.25. The summed E-state index contributed by atoms with van der Waals surface area (Å²) in [4.78, 5) is 30.3. The van der Waals surface area contributed by atoms with E-state index in [1.807, 2.05) is 69.3 Å². The Morgan fingerprint density at radius 1 is 0.912 bits per heavy atom. The van der Waals surface area contributed by atoms with E-state index in [9.17, 15) is 9.59 Å². The summed E-state index contributed by atoms with van der Waals surface area (Å²) in [6.07, 6.45) is 1.01. The molecule has 0 unspecified atom stereocenters. The Bertz CT molecular complexity index is 1270. The summed E-state index contributed by atoms with van der Waals surface area (Å²) in [5.74, 6) is 0.268. The van der Waals surface area contributed by atoms with Gasteiger partial charge in [0, 0.05) is 12.3 Å². The third-order valence-corrected chi connectivity index (χ3v) is 6.20. The molecule has 174 valence electrons. The third kappa shape index (κ3) is 5.25. The van der Waals surface area contributed by atoms with Gasteiger partial charge in [0.1, 0.15) is 6.04 Å². The van der Waals surface area contributed by atoms with Crippen LogP contribution in [0.1, 0.15) is 61.2 Å². The number of carbonyl (C=O) groups excluding carboxylic acids is 1. The maximum atomic E-state index is 13.0. The molecule has 0 aliphatic carbocycles. The molecular formula is C29H30N2O3. The average Bonchev–Trinajstić information content (AvgIpc) is 2.83. The van der Waals surface area contributed by atoms with Gasteiger partial charge in [-0.15, -0.1) is 0 Å². The lowest BCUT2D eigenvalue weighted by atomic mass is 9.87. The van der Waals surface area contributed by atoms with E-state index >= 15 is 0 Å². The number of aryl methyl sites for hydroxylation is 1. The van der Waals surface area contributed by atoms with E-state index < -0.39 is 11.7 Å². The fourth-order valence-electron chi connectivity index (χ4n) is 4.36. The zero-order chi connectivity index (χ0) is 24.1. The summed E-state index contributed by atoms with van der Waals surface area (Å²) < 4.78 is 5.58. The van der Waals surface area contributed by atoms with Gasteiger partial charge in [-0.3, -0.25) is 4.79 Å². The molecule has 0 fully saturated rings. The molecule has 0 radical (unpaired) electrons.